The van der Waals surface area contributed by atoms with E-state index in [-0.39, 0.29) is 0 Å². The fraction of sp³-hybridized carbons (Fsp3) is 0.625. The van der Waals surface area contributed by atoms with Crippen LogP contribution in [0.25, 0.3) is 0 Å². The smallest absolute Gasteiger partial charge is 0.0171 e. The van der Waals surface area contributed by atoms with Crippen LogP contribution in [0.1, 0.15) is 32.1 Å². The normalized spacial score (nSPS) is 22.0. The van der Waals surface area contributed by atoms with Crippen LogP contribution in [0.5, 0.6) is 0 Å². The van der Waals surface area contributed by atoms with Gasteiger partial charge in [-0.2, -0.15) is 0 Å². The standard InChI is InChI=1S/C8H13/c1-2-4-6-8-7-5-3-1/h1-3H,4-8H2. The molecule has 0 unspecified atom stereocenters. The predicted molar refractivity (Wildman–Crippen MR) is 36.5 cm³/mol. The van der Waals surface area contributed by atoms with Gasteiger partial charge in [-0.05, 0) is 25.7 Å². The molecule has 0 aliphatic heterocycles. The quantitative estimate of drug-likeness (QED) is 0.448. The Balaban J connectivity index is 2.17. The van der Waals surface area contributed by atoms with Crippen LogP contribution >= 0.6 is 0 Å². The van der Waals surface area contributed by atoms with Crippen LogP contribution in [0, 0.1) is 6.42 Å². The Morgan fingerprint density at radius 1 is 0.875 bits per heavy atom. The molecule has 1 aliphatic rings. The van der Waals surface area contributed by atoms with Crippen molar-refractivity contribution in [1.29, 1.82) is 0 Å². The van der Waals surface area contributed by atoms with E-state index >= 15 is 0 Å². The minimum Gasteiger partial charge on any atom is -0.0882 e. The monoisotopic (exact) mass is 109 g/mol. The van der Waals surface area contributed by atoms with Crippen LogP contribution < -0.4 is 0 Å². The maximum absolute atomic E-state index is 2.26. The van der Waals surface area contributed by atoms with Crippen molar-refractivity contribution in [2.45, 2.75) is 32.1 Å². The Labute approximate surface area is 51.6 Å². The van der Waals surface area contributed by atoms with Crippen molar-refractivity contribution in [3.8, 4) is 0 Å². The first-order valence-electron chi connectivity index (χ1n) is 3.48. The van der Waals surface area contributed by atoms with Crippen molar-refractivity contribution in [3.05, 3.63) is 18.6 Å². The van der Waals surface area contributed by atoms with Gasteiger partial charge in [0, 0.05) is 0 Å². The molecular weight excluding hydrogens is 96.1 g/mol. The predicted octanol–water partition coefficient (Wildman–Crippen LogP) is 2.71. The molecule has 1 aliphatic carbocycles. The van der Waals surface area contributed by atoms with Crippen LogP contribution in [0.3, 0.4) is 0 Å². The third-order valence-corrected chi connectivity index (χ3v) is 1.51. The topological polar surface area (TPSA) is 0 Å². The number of rotatable bonds is 0. The van der Waals surface area contributed by atoms with Crippen molar-refractivity contribution in [2.75, 3.05) is 0 Å². The summed E-state index contributed by atoms with van der Waals surface area (Å²) in [7, 11) is 0. The van der Waals surface area contributed by atoms with Gasteiger partial charge in [0.05, 0.1) is 0 Å². The highest BCUT2D eigenvalue weighted by atomic mass is 14.0. The summed E-state index contributed by atoms with van der Waals surface area (Å²) in [6.07, 6.45) is 13.5. The SMILES string of the molecule is [CH]1C=CCCCCC1. The Morgan fingerprint density at radius 3 is 2.75 bits per heavy atom. The van der Waals surface area contributed by atoms with E-state index in [0.29, 0.717) is 0 Å². The summed E-state index contributed by atoms with van der Waals surface area (Å²) >= 11 is 0. The van der Waals surface area contributed by atoms with Crippen LogP contribution in [0.15, 0.2) is 12.2 Å². The maximum Gasteiger partial charge on any atom is -0.0171 e. The van der Waals surface area contributed by atoms with Gasteiger partial charge in [0.25, 0.3) is 0 Å². The molecule has 0 saturated carbocycles. The van der Waals surface area contributed by atoms with Gasteiger partial charge in [-0.15, -0.1) is 0 Å². The zero-order valence-electron chi connectivity index (χ0n) is 5.27. The summed E-state index contributed by atoms with van der Waals surface area (Å²) in [4.78, 5) is 0. The van der Waals surface area contributed by atoms with Crippen molar-refractivity contribution in [2.24, 2.45) is 0 Å². The molecule has 0 aromatic heterocycles. The molecular formula is C8H13. The van der Waals surface area contributed by atoms with Crippen molar-refractivity contribution in [3.63, 3.8) is 0 Å². The molecule has 8 heavy (non-hydrogen) atoms. The molecule has 0 amide bonds. The summed E-state index contributed by atoms with van der Waals surface area (Å²) in [5.41, 5.74) is 0. The average Bonchev–Trinajstić information content (AvgIpc) is 1.62. The number of hydrogen-bond donors (Lipinski definition) is 0. The fourth-order valence-corrected chi connectivity index (χ4v) is 0.990. The van der Waals surface area contributed by atoms with E-state index in [0.717, 1.165) is 0 Å². The highest BCUT2D eigenvalue weighted by Crippen LogP contribution is 2.09. The van der Waals surface area contributed by atoms with Crippen LogP contribution in [-0.4, -0.2) is 0 Å². The molecule has 0 atom stereocenters. The van der Waals surface area contributed by atoms with E-state index in [1.807, 2.05) is 0 Å². The van der Waals surface area contributed by atoms with Gasteiger partial charge in [-0.25, -0.2) is 0 Å². The fourth-order valence-electron chi connectivity index (χ4n) is 0.990. The van der Waals surface area contributed by atoms with Gasteiger partial charge in [-0.1, -0.05) is 25.0 Å². The Bertz CT molecular complexity index is 62.1. The van der Waals surface area contributed by atoms with Crippen molar-refractivity contribution >= 4 is 0 Å². The second-order valence-corrected chi connectivity index (χ2v) is 2.30. The molecule has 0 heteroatoms. The minimum absolute atomic E-state index is 1.29. The van der Waals surface area contributed by atoms with E-state index in [1.54, 1.807) is 0 Å². The average molecular weight is 109 g/mol. The molecule has 1 radical (unpaired) electrons. The first-order chi connectivity index (χ1) is 4.00. The third kappa shape index (κ3) is 2.15. The summed E-state index contributed by atoms with van der Waals surface area (Å²) < 4.78 is 0. The first kappa shape index (κ1) is 5.87. The van der Waals surface area contributed by atoms with Gasteiger partial charge in [0.1, 0.15) is 0 Å². The molecule has 0 spiro atoms. The lowest BCUT2D eigenvalue weighted by Gasteiger charge is -1.99. The highest BCUT2D eigenvalue weighted by molar-refractivity contribution is 4.95. The van der Waals surface area contributed by atoms with Gasteiger partial charge in [0.15, 0.2) is 0 Å². The van der Waals surface area contributed by atoms with Crippen LogP contribution in [-0.2, 0) is 0 Å². The second kappa shape index (κ2) is 3.71. The summed E-state index contributed by atoms with van der Waals surface area (Å²) in [6, 6.07) is 0. The van der Waals surface area contributed by atoms with E-state index < -0.39 is 0 Å². The first-order valence-corrected chi connectivity index (χ1v) is 3.48. The summed E-state index contributed by atoms with van der Waals surface area (Å²) in [5.74, 6) is 0. The van der Waals surface area contributed by atoms with Crippen LogP contribution in [0.2, 0.25) is 0 Å². The van der Waals surface area contributed by atoms with Crippen molar-refractivity contribution in [1.82, 2.24) is 0 Å². The summed E-state index contributed by atoms with van der Waals surface area (Å²) in [6.45, 7) is 0. The third-order valence-electron chi connectivity index (χ3n) is 1.51. The molecule has 0 heterocycles. The second-order valence-electron chi connectivity index (χ2n) is 2.30. The number of hydrogen-bond acceptors (Lipinski definition) is 0. The Kier molecular flexibility index (Phi) is 2.72. The lowest BCUT2D eigenvalue weighted by atomic mass is 10.1. The van der Waals surface area contributed by atoms with E-state index in [1.165, 1.54) is 32.1 Å². The lowest BCUT2D eigenvalue weighted by molar-refractivity contribution is 0.677. The molecule has 0 aromatic carbocycles. The van der Waals surface area contributed by atoms with E-state index in [4.69, 9.17) is 0 Å². The molecule has 0 aromatic rings. The van der Waals surface area contributed by atoms with Crippen molar-refractivity contribution < 1.29 is 0 Å². The molecule has 1 rings (SSSR count). The zero-order valence-corrected chi connectivity index (χ0v) is 5.27. The summed E-state index contributed by atoms with van der Waals surface area (Å²) in [5, 5.41) is 0. The Hall–Kier alpha value is -0.260. The zero-order chi connectivity index (χ0) is 5.66. The molecule has 45 valence electrons. The highest BCUT2D eigenvalue weighted by Gasteiger charge is 1.90. The molecule has 0 bridgehead atoms. The molecule has 0 nitrogen and oxygen atoms in total. The van der Waals surface area contributed by atoms with E-state index in [2.05, 4.69) is 18.6 Å². The molecule has 0 saturated heterocycles. The maximum atomic E-state index is 2.26. The van der Waals surface area contributed by atoms with E-state index in [9.17, 15) is 0 Å². The molecule has 0 N–H and O–H groups in total. The van der Waals surface area contributed by atoms with Gasteiger partial charge < -0.3 is 0 Å². The molecule has 0 fully saturated rings. The van der Waals surface area contributed by atoms with Gasteiger partial charge >= 0.3 is 0 Å². The van der Waals surface area contributed by atoms with Gasteiger partial charge in [-0.3, -0.25) is 0 Å². The number of allylic oxidation sites excluding steroid dienone is 2. The lowest BCUT2D eigenvalue weighted by Crippen LogP contribution is -1.80. The largest absolute Gasteiger partial charge is 0.0882 e. The Morgan fingerprint density at radius 2 is 1.75 bits per heavy atom. The minimum atomic E-state index is 1.29. The van der Waals surface area contributed by atoms with Crippen LogP contribution in [0.4, 0.5) is 0 Å². The van der Waals surface area contributed by atoms with Gasteiger partial charge in [0.2, 0.25) is 0 Å².